The van der Waals surface area contributed by atoms with Crippen molar-refractivity contribution in [1.29, 1.82) is 0 Å². The van der Waals surface area contributed by atoms with Crippen LogP contribution in [0, 0.1) is 0 Å². The van der Waals surface area contributed by atoms with Gasteiger partial charge in [0.05, 0.1) is 10.8 Å². The highest BCUT2D eigenvalue weighted by molar-refractivity contribution is 7.89. The maximum absolute atomic E-state index is 12.2. The fourth-order valence-electron chi connectivity index (χ4n) is 2.46. The Labute approximate surface area is 148 Å². The second kappa shape index (κ2) is 8.69. The van der Waals surface area contributed by atoms with Crippen molar-refractivity contribution < 1.29 is 17.9 Å². The van der Waals surface area contributed by atoms with Crippen molar-refractivity contribution in [3.8, 4) is 5.75 Å². The van der Waals surface area contributed by atoms with E-state index in [1.165, 1.54) is 4.31 Å². The van der Waals surface area contributed by atoms with E-state index in [2.05, 4.69) is 0 Å². The van der Waals surface area contributed by atoms with E-state index in [-0.39, 0.29) is 18.3 Å². The number of carbonyl (C=O) groups is 1. The Kier molecular flexibility index (Phi) is 6.89. The normalized spacial score (nSPS) is 16.2. The molecule has 0 atom stereocenters. The Hall–Kier alpha value is -1.31. The molecule has 2 rings (SSSR count). The molecule has 0 bridgehead atoms. The van der Waals surface area contributed by atoms with Gasteiger partial charge >= 0.3 is 0 Å². The average molecular weight is 375 g/mol. The van der Waals surface area contributed by atoms with E-state index in [0.29, 0.717) is 43.4 Å². The molecule has 1 saturated heterocycles. The van der Waals surface area contributed by atoms with Gasteiger partial charge in [-0.05, 0) is 18.6 Å². The van der Waals surface area contributed by atoms with Crippen molar-refractivity contribution >= 4 is 27.5 Å². The van der Waals surface area contributed by atoms with Crippen molar-refractivity contribution in [2.45, 2.75) is 19.8 Å². The zero-order valence-corrected chi connectivity index (χ0v) is 15.4. The predicted octanol–water partition coefficient (Wildman–Crippen LogP) is 1.99. The van der Waals surface area contributed by atoms with Gasteiger partial charge in [-0.25, -0.2) is 8.42 Å². The third kappa shape index (κ3) is 5.09. The maximum atomic E-state index is 12.2. The molecule has 0 aliphatic carbocycles. The number of ether oxygens (including phenoxy) is 1. The number of unbranched alkanes of at least 4 members (excludes halogenated alkanes) is 1. The van der Waals surface area contributed by atoms with Crippen molar-refractivity contribution in [1.82, 2.24) is 9.21 Å². The summed E-state index contributed by atoms with van der Waals surface area (Å²) >= 11 is 5.98. The summed E-state index contributed by atoms with van der Waals surface area (Å²) in [6.07, 6.45) is 1.50. The first kappa shape index (κ1) is 19.0. The van der Waals surface area contributed by atoms with Crippen molar-refractivity contribution in [3.05, 3.63) is 29.3 Å². The van der Waals surface area contributed by atoms with Crippen LogP contribution in [0.4, 0.5) is 0 Å². The minimum Gasteiger partial charge on any atom is -0.482 e. The van der Waals surface area contributed by atoms with Gasteiger partial charge in [0.15, 0.2) is 6.61 Å². The summed E-state index contributed by atoms with van der Waals surface area (Å²) in [5.74, 6) is 0.474. The number of sulfonamides is 1. The highest BCUT2D eigenvalue weighted by Crippen LogP contribution is 2.23. The van der Waals surface area contributed by atoms with Gasteiger partial charge < -0.3 is 9.64 Å². The van der Waals surface area contributed by atoms with E-state index in [0.717, 1.165) is 6.42 Å². The number of nitrogens with zero attached hydrogens (tertiary/aromatic N) is 2. The Balaban J connectivity index is 1.81. The Morgan fingerprint density at radius 1 is 1.21 bits per heavy atom. The predicted molar refractivity (Wildman–Crippen MR) is 93.8 cm³/mol. The van der Waals surface area contributed by atoms with Gasteiger partial charge in [0.1, 0.15) is 5.75 Å². The Morgan fingerprint density at radius 3 is 2.50 bits per heavy atom. The maximum Gasteiger partial charge on any atom is 0.260 e. The van der Waals surface area contributed by atoms with E-state index >= 15 is 0 Å². The fourth-order valence-corrected chi connectivity index (χ4v) is 4.29. The highest BCUT2D eigenvalue weighted by atomic mass is 35.5. The smallest absolute Gasteiger partial charge is 0.260 e. The number of para-hydroxylation sites is 1. The number of benzene rings is 1. The van der Waals surface area contributed by atoms with Crippen LogP contribution in [0.3, 0.4) is 0 Å². The standard InChI is InChI=1S/C16H23ClN2O4S/c1-2-3-12-24(21,22)19-10-8-18(9-11-19)16(20)13-23-15-7-5-4-6-14(15)17/h4-7H,2-3,8-13H2,1H3. The molecule has 1 aliphatic heterocycles. The van der Waals surface area contributed by atoms with Crippen molar-refractivity contribution in [3.63, 3.8) is 0 Å². The van der Waals surface area contributed by atoms with Gasteiger partial charge in [0.25, 0.3) is 5.91 Å². The summed E-state index contributed by atoms with van der Waals surface area (Å²) in [6, 6.07) is 6.97. The molecular weight excluding hydrogens is 352 g/mol. The fraction of sp³-hybridized carbons (Fsp3) is 0.562. The topological polar surface area (TPSA) is 66.9 Å². The Morgan fingerprint density at radius 2 is 1.88 bits per heavy atom. The monoisotopic (exact) mass is 374 g/mol. The summed E-state index contributed by atoms with van der Waals surface area (Å²) in [6.45, 7) is 3.30. The van der Waals surface area contributed by atoms with Crippen LogP contribution < -0.4 is 4.74 Å². The van der Waals surface area contributed by atoms with E-state index in [4.69, 9.17) is 16.3 Å². The molecule has 1 amide bonds. The molecule has 0 spiro atoms. The first-order valence-corrected chi connectivity index (χ1v) is 10.1. The van der Waals surface area contributed by atoms with Crippen molar-refractivity contribution in [2.75, 3.05) is 38.5 Å². The Bertz CT molecular complexity index is 658. The van der Waals surface area contributed by atoms with Gasteiger partial charge in [-0.15, -0.1) is 0 Å². The molecule has 24 heavy (non-hydrogen) atoms. The number of rotatable bonds is 7. The zero-order chi connectivity index (χ0) is 17.6. The lowest BCUT2D eigenvalue weighted by Gasteiger charge is -2.34. The summed E-state index contributed by atoms with van der Waals surface area (Å²) < 4.78 is 31.2. The molecular formula is C16H23ClN2O4S. The first-order chi connectivity index (χ1) is 11.4. The molecule has 6 nitrogen and oxygen atoms in total. The van der Waals surface area contributed by atoms with Crippen LogP contribution in [-0.2, 0) is 14.8 Å². The van der Waals surface area contributed by atoms with Crippen LogP contribution in [0.1, 0.15) is 19.8 Å². The molecule has 1 aromatic rings. The highest BCUT2D eigenvalue weighted by Gasteiger charge is 2.28. The van der Waals surface area contributed by atoms with E-state index in [1.807, 2.05) is 6.92 Å². The van der Waals surface area contributed by atoms with E-state index < -0.39 is 10.0 Å². The largest absolute Gasteiger partial charge is 0.482 e. The zero-order valence-electron chi connectivity index (χ0n) is 13.8. The SMILES string of the molecule is CCCCS(=O)(=O)N1CCN(C(=O)COc2ccccc2Cl)CC1. The number of halogens is 1. The van der Waals surface area contributed by atoms with Gasteiger partial charge in [-0.3, -0.25) is 4.79 Å². The number of carbonyl (C=O) groups excluding carboxylic acids is 1. The third-order valence-electron chi connectivity index (χ3n) is 3.93. The van der Waals surface area contributed by atoms with Gasteiger partial charge in [0, 0.05) is 26.2 Å². The van der Waals surface area contributed by atoms with Gasteiger partial charge in [0.2, 0.25) is 10.0 Å². The van der Waals surface area contributed by atoms with Crippen LogP contribution in [0.5, 0.6) is 5.75 Å². The quantitative estimate of drug-likeness (QED) is 0.732. The summed E-state index contributed by atoms with van der Waals surface area (Å²) in [7, 11) is -3.21. The molecule has 1 heterocycles. The molecule has 8 heteroatoms. The molecule has 1 fully saturated rings. The minimum absolute atomic E-state index is 0.105. The van der Waals surface area contributed by atoms with Crippen LogP contribution in [-0.4, -0.2) is 62.1 Å². The van der Waals surface area contributed by atoms with Gasteiger partial charge in [-0.1, -0.05) is 37.1 Å². The van der Waals surface area contributed by atoms with Crippen LogP contribution >= 0.6 is 11.6 Å². The third-order valence-corrected chi connectivity index (χ3v) is 6.20. The molecule has 0 radical (unpaired) electrons. The lowest BCUT2D eigenvalue weighted by atomic mass is 10.3. The lowest BCUT2D eigenvalue weighted by molar-refractivity contribution is -0.134. The van der Waals surface area contributed by atoms with Crippen LogP contribution in [0.15, 0.2) is 24.3 Å². The van der Waals surface area contributed by atoms with Crippen molar-refractivity contribution in [2.24, 2.45) is 0 Å². The molecule has 0 unspecified atom stereocenters. The number of amides is 1. The lowest BCUT2D eigenvalue weighted by Crippen LogP contribution is -2.52. The number of piperazine rings is 1. The molecule has 134 valence electrons. The first-order valence-electron chi connectivity index (χ1n) is 8.07. The number of hydrogen-bond acceptors (Lipinski definition) is 4. The van der Waals surface area contributed by atoms with E-state index in [9.17, 15) is 13.2 Å². The molecule has 1 aliphatic rings. The summed E-state index contributed by atoms with van der Waals surface area (Å²) in [5.41, 5.74) is 0. The molecule has 0 aromatic heterocycles. The second-order valence-electron chi connectivity index (χ2n) is 5.67. The summed E-state index contributed by atoms with van der Waals surface area (Å²) in [5, 5.41) is 0.456. The average Bonchev–Trinajstić information content (AvgIpc) is 2.59. The second-order valence-corrected chi connectivity index (χ2v) is 8.16. The molecule has 0 N–H and O–H groups in total. The van der Waals surface area contributed by atoms with Gasteiger partial charge in [-0.2, -0.15) is 4.31 Å². The minimum atomic E-state index is -3.21. The molecule has 1 aromatic carbocycles. The van der Waals surface area contributed by atoms with E-state index in [1.54, 1.807) is 29.2 Å². The number of hydrogen-bond donors (Lipinski definition) is 0. The molecule has 0 saturated carbocycles. The van der Waals surface area contributed by atoms with Crippen LogP contribution in [0.2, 0.25) is 5.02 Å². The summed E-state index contributed by atoms with van der Waals surface area (Å²) in [4.78, 5) is 13.8. The van der Waals surface area contributed by atoms with Crippen LogP contribution in [0.25, 0.3) is 0 Å².